The highest BCUT2D eigenvalue weighted by atomic mass is 19.4. The van der Waals surface area contributed by atoms with Gasteiger partial charge in [0.25, 0.3) is 0 Å². The second kappa shape index (κ2) is 10.5. The van der Waals surface area contributed by atoms with E-state index >= 15 is 0 Å². The van der Waals surface area contributed by atoms with Gasteiger partial charge in [-0.3, -0.25) is 4.79 Å². The zero-order chi connectivity index (χ0) is 20.4. The predicted octanol–water partition coefficient (Wildman–Crippen LogP) is 4.23. The molecule has 0 radical (unpaired) electrons. The molecule has 0 saturated carbocycles. The summed E-state index contributed by atoms with van der Waals surface area (Å²) in [4.78, 5) is 20.3. The van der Waals surface area contributed by atoms with Crippen molar-refractivity contribution in [3.8, 4) is 0 Å². The quantitative estimate of drug-likeness (QED) is 0.261. The maximum Gasteiger partial charge on any atom is 0.416 e. The maximum atomic E-state index is 13.0. The van der Waals surface area contributed by atoms with Gasteiger partial charge in [0, 0.05) is 18.8 Å². The molecule has 0 saturated heterocycles. The van der Waals surface area contributed by atoms with Gasteiger partial charge in [0.1, 0.15) is 6.61 Å². The van der Waals surface area contributed by atoms with E-state index in [1.165, 1.54) is 24.8 Å². The number of ether oxygens (including phenoxy) is 1. The Bertz CT molecular complexity index is 761. The van der Waals surface area contributed by atoms with E-state index in [-0.39, 0.29) is 12.6 Å². The Morgan fingerprint density at radius 2 is 2.18 bits per heavy atom. The van der Waals surface area contributed by atoms with Crippen molar-refractivity contribution in [3.05, 3.63) is 54.1 Å². The van der Waals surface area contributed by atoms with E-state index in [4.69, 9.17) is 9.57 Å². The fourth-order valence-corrected chi connectivity index (χ4v) is 2.49. The smallest absolute Gasteiger partial charge is 0.416 e. The lowest BCUT2D eigenvalue weighted by Gasteiger charge is -2.16. The Labute approximate surface area is 161 Å². The lowest BCUT2D eigenvalue weighted by Crippen LogP contribution is -2.13. The summed E-state index contributed by atoms with van der Waals surface area (Å²) in [5.41, 5.74) is -0.328. The second-order valence-corrected chi connectivity index (χ2v) is 5.93. The summed E-state index contributed by atoms with van der Waals surface area (Å²) in [5, 5.41) is 3.88. The Morgan fingerprint density at radius 1 is 1.36 bits per heavy atom. The van der Waals surface area contributed by atoms with E-state index in [2.05, 4.69) is 10.1 Å². The average molecular weight is 397 g/mol. The van der Waals surface area contributed by atoms with Gasteiger partial charge in [-0.1, -0.05) is 17.3 Å². The maximum absolute atomic E-state index is 13.0. The number of benzene rings is 1. The molecule has 6 nitrogen and oxygen atoms in total. The molecule has 2 aromatic rings. The van der Waals surface area contributed by atoms with Crippen molar-refractivity contribution in [2.24, 2.45) is 5.16 Å². The summed E-state index contributed by atoms with van der Waals surface area (Å²) < 4.78 is 45.4. The van der Waals surface area contributed by atoms with Crippen LogP contribution in [-0.2, 0) is 20.5 Å². The van der Waals surface area contributed by atoms with Crippen LogP contribution in [0.2, 0.25) is 0 Å². The molecule has 1 aromatic heterocycles. The topological polar surface area (TPSA) is 65.7 Å². The fourth-order valence-electron chi connectivity index (χ4n) is 2.49. The number of unbranched alkanes of at least 4 members (excludes halogenated alkanes) is 1. The first kappa shape index (κ1) is 21.5. The van der Waals surface area contributed by atoms with Crippen molar-refractivity contribution in [3.63, 3.8) is 0 Å². The van der Waals surface area contributed by atoms with Gasteiger partial charge >= 0.3 is 12.1 Å². The van der Waals surface area contributed by atoms with Crippen LogP contribution in [0.1, 0.15) is 43.4 Å². The number of carbonyl (C=O) groups excluding carboxylic acids is 1. The summed E-state index contributed by atoms with van der Waals surface area (Å²) in [6.07, 6.45) is 3.17. The molecule has 2 rings (SSSR count). The van der Waals surface area contributed by atoms with E-state index in [0.29, 0.717) is 31.4 Å². The molecule has 9 heteroatoms. The third kappa shape index (κ3) is 6.71. The van der Waals surface area contributed by atoms with Crippen molar-refractivity contribution in [1.29, 1.82) is 0 Å². The summed E-state index contributed by atoms with van der Waals surface area (Å²) in [6, 6.07) is 4.45. The molecule has 1 unspecified atom stereocenters. The van der Waals surface area contributed by atoms with Crippen molar-refractivity contribution in [1.82, 2.24) is 9.55 Å². The summed E-state index contributed by atoms with van der Waals surface area (Å²) in [6.45, 7) is 2.39. The molecule has 0 bridgehead atoms. The molecule has 0 amide bonds. The highest BCUT2D eigenvalue weighted by molar-refractivity contribution is 5.69. The van der Waals surface area contributed by atoms with Crippen LogP contribution in [-0.4, -0.2) is 34.9 Å². The molecule has 0 spiro atoms. The minimum absolute atomic E-state index is 0.254. The van der Waals surface area contributed by atoms with Crippen molar-refractivity contribution >= 4 is 12.2 Å². The molecule has 1 aromatic carbocycles. The van der Waals surface area contributed by atoms with Gasteiger partial charge in [-0.15, -0.1) is 0 Å². The van der Waals surface area contributed by atoms with Gasteiger partial charge in [-0.05, 0) is 37.5 Å². The van der Waals surface area contributed by atoms with E-state index in [1.807, 2.05) is 0 Å². The van der Waals surface area contributed by atoms with E-state index in [1.54, 1.807) is 23.8 Å². The molecule has 0 aliphatic rings. The minimum Gasteiger partial charge on any atom is -0.466 e. The number of rotatable bonds is 10. The molecule has 152 valence electrons. The van der Waals surface area contributed by atoms with Gasteiger partial charge in [0.05, 0.1) is 30.8 Å². The SMILES string of the molecule is CCOC(=O)CCCCON=CC(c1cccc(C(F)(F)F)c1)n1ccnc1. The lowest BCUT2D eigenvalue weighted by atomic mass is 10.0. The number of hydrogen-bond donors (Lipinski definition) is 0. The number of halogens is 3. The van der Waals surface area contributed by atoms with Crippen LogP contribution >= 0.6 is 0 Å². The average Bonchev–Trinajstić information content (AvgIpc) is 3.18. The lowest BCUT2D eigenvalue weighted by molar-refractivity contribution is -0.143. The van der Waals surface area contributed by atoms with Gasteiger partial charge in [-0.25, -0.2) is 4.98 Å². The highest BCUT2D eigenvalue weighted by Crippen LogP contribution is 2.31. The Balaban J connectivity index is 1.96. The summed E-state index contributed by atoms with van der Waals surface area (Å²) in [5.74, 6) is -0.254. The number of esters is 1. The van der Waals surface area contributed by atoms with Crippen LogP contribution in [0.15, 0.2) is 48.1 Å². The molecule has 28 heavy (non-hydrogen) atoms. The molecule has 1 atom stereocenters. The number of nitrogens with zero attached hydrogens (tertiary/aromatic N) is 3. The first-order chi connectivity index (χ1) is 13.4. The number of imidazole rings is 1. The van der Waals surface area contributed by atoms with E-state index in [0.717, 1.165) is 12.1 Å². The van der Waals surface area contributed by atoms with Crippen LogP contribution in [0, 0.1) is 0 Å². The Kier molecular flexibility index (Phi) is 8.03. The molecule has 0 aliphatic heterocycles. The standard InChI is InChI=1S/C19H22F3N3O3/c1-2-27-18(26)8-3-4-11-28-24-13-17(25-10-9-23-14-25)15-6-5-7-16(12-15)19(20,21)22/h5-7,9-10,12-14,17H,2-4,8,11H2,1H3. The second-order valence-electron chi connectivity index (χ2n) is 5.93. The Hall–Kier alpha value is -2.84. The first-order valence-electron chi connectivity index (χ1n) is 8.87. The predicted molar refractivity (Wildman–Crippen MR) is 96.7 cm³/mol. The molecule has 0 fully saturated rings. The van der Waals surface area contributed by atoms with E-state index < -0.39 is 17.8 Å². The third-order valence-corrected chi connectivity index (χ3v) is 3.85. The van der Waals surface area contributed by atoms with Gasteiger partial charge < -0.3 is 14.1 Å². The monoisotopic (exact) mass is 397 g/mol. The number of oxime groups is 1. The number of carbonyl (C=O) groups is 1. The molecule has 0 N–H and O–H groups in total. The van der Waals surface area contributed by atoms with Crippen LogP contribution in [0.5, 0.6) is 0 Å². The van der Waals surface area contributed by atoms with Crippen molar-refractivity contribution < 1.29 is 27.5 Å². The fraction of sp³-hybridized carbons (Fsp3) is 0.421. The highest BCUT2D eigenvalue weighted by Gasteiger charge is 2.31. The minimum atomic E-state index is -4.43. The number of aromatic nitrogens is 2. The van der Waals surface area contributed by atoms with Crippen molar-refractivity contribution in [2.45, 2.75) is 38.4 Å². The molecule has 1 heterocycles. The zero-order valence-corrected chi connectivity index (χ0v) is 15.4. The van der Waals surface area contributed by atoms with Gasteiger partial charge in [-0.2, -0.15) is 13.2 Å². The molecule has 0 aliphatic carbocycles. The third-order valence-electron chi connectivity index (χ3n) is 3.85. The largest absolute Gasteiger partial charge is 0.466 e. The Morgan fingerprint density at radius 3 is 2.86 bits per heavy atom. The zero-order valence-electron chi connectivity index (χ0n) is 15.4. The summed E-state index contributed by atoms with van der Waals surface area (Å²) in [7, 11) is 0. The van der Waals surface area contributed by atoms with Crippen LogP contribution < -0.4 is 0 Å². The van der Waals surface area contributed by atoms with Gasteiger partial charge in [0.2, 0.25) is 0 Å². The number of alkyl halides is 3. The summed E-state index contributed by atoms with van der Waals surface area (Å²) >= 11 is 0. The number of hydrogen-bond acceptors (Lipinski definition) is 5. The van der Waals surface area contributed by atoms with Gasteiger partial charge in [0.15, 0.2) is 0 Å². The normalized spacial score (nSPS) is 12.9. The van der Waals surface area contributed by atoms with Crippen LogP contribution in [0.3, 0.4) is 0 Å². The van der Waals surface area contributed by atoms with Crippen LogP contribution in [0.4, 0.5) is 13.2 Å². The van der Waals surface area contributed by atoms with Crippen molar-refractivity contribution in [2.75, 3.05) is 13.2 Å². The van der Waals surface area contributed by atoms with Crippen LogP contribution in [0.25, 0.3) is 0 Å². The molecular weight excluding hydrogens is 375 g/mol. The first-order valence-corrected chi connectivity index (χ1v) is 8.87. The molecular formula is C19H22F3N3O3. The van der Waals surface area contributed by atoms with E-state index in [9.17, 15) is 18.0 Å².